The number of hydrazine groups is 1. The molecule has 5 heteroatoms. The maximum atomic E-state index is 5.64. The first-order valence-electron chi connectivity index (χ1n) is 6.21. The van der Waals surface area contributed by atoms with Gasteiger partial charge >= 0.3 is 0 Å². The maximum absolute atomic E-state index is 5.64. The molecule has 0 saturated carbocycles. The van der Waals surface area contributed by atoms with E-state index in [9.17, 15) is 0 Å². The lowest BCUT2D eigenvalue weighted by Crippen LogP contribution is -2.30. The highest BCUT2D eigenvalue weighted by molar-refractivity contribution is 5.16. The van der Waals surface area contributed by atoms with Crippen molar-refractivity contribution in [1.29, 1.82) is 0 Å². The Bertz CT molecular complexity index is 465. The average Bonchev–Trinajstić information content (AvgIpc) is 2.85. The van der Waals surface area contributed by atoms with Crippen LogP contribution in [0.4, 0.5) is 0 Å². The van der Waals surface area contributed by atoms with E-state index in [-0.39, 0.29) is 6.04 Å². The number of pyridine rings is 1. The first-order valence-corrected chi connectivity index (χ1v) is 6.21. The van der Waals surface area contributed by atoms with E-state index in [1.807, 2.05) is 24.5 Å². The molecule has 96 valence electrons. The van der Waals surface area contributed by atoms with Gasteiger partial charge in [0, 0.05) is 37.8 Å². The van der Waals surface area contributed by atoms with E-state index in [2.05, 4.69) is 26.9 Å². The summed E-state index contributed by atoms with van der Waals surface area (Å²) in [6.45, 7) is 3.15. The molecule has 3 N–H and O–H groups in total. The van der Waals surface area contributed by atoms with Crippen LogP contribution in [0.15, 0.2) is 36.9 Å². The van der Waals surface area contributed by atoms with Gasteiger partial charge in [-0.3, -0.25) is 16.3 Å². The second kappa shape index (κ2) is 6.28. The number of nitrogens with zero attached hydrogens (tertiary/aromatic N) is 3. The van der Waals surface area contributed by atoms with Gasteiger partial charge in [-0.15, -0.1) is 0 Å². The number of imidazole rings is 1. The highest BCUT2D eigenvalue weighted by Gasteiger charge is 2.13. The second-order valence-corrected chi connectivity index (χ2v) is 4.24. The van der Waals surface area contributed by atoms with Gasteiger partial charge < -0.3 is 4.57 Å². The number of nitrogens with two attached hydrogens (primary N) is 1. The lowest BCUT2D eigenvalue weighted by Gasteiger charge is -2.16. The van der Waals surface area contributed by atoms with Crippen LogP contribution in [0.1, 0.15) is 30.8 Å². The molecule has 0 saturated heterocycles. The maximum Gasteiger partial charge on any atom is 0.110 e. The third kappa shape index (κ3) is 2.94. The molecule has 0 radical (unpaired) electrons. The Morgan fingerprint density at radius 1 is 1.33 bits per heavy atom. The lowest BCUT2D eigenvalue weighted by molar-refractivity contribution is 0.516. The summed E-state index contributed by atoms with van der Waals surface area (Å²) in [5.74, 6) is 6.69. The van der Waals surface area contributed by atoms with Crippen molar-refractivity contribution in [2.24, 2.45) is 5.84 Å². The largest absolute Gasteiger partial charge is 0.335 e. The van der Waals surface area contributed by atoms with E-state index < -0.39 is 0 Å². The molecule has 0 aliphatic rings. The summed E-state index contributed by atoms with van der Waals surface area (Å²) in [4.78, 5) is 8.42. The average molecular weight is 245 g/mol. The van der Waals surface area contributed by atoms with Crippen LogP contribution < -0.4 is 11.3 Å². The fourth-order valence-corrected chi connectivity index (χ4v) is 2.03. The molecule has 2 heterocycles. The molecule has 0 aromatic carbocycles. The van der Waals surface area contributed by atoms with Crippen molar-refractivity contribution in [3.05, 3.63) is 48.3 Å². The molecule has 5 nitrogen and oxygen atoms in total. The summed E-state index contributed by atoms with van der Waals surface area (Å²) in [6, 6.07) is 4.00. The zero-order chi connectivity index (χ0) is 12.8. The predicted molar refractivity (Wildman–Crippen MR) is 70.5 cm³/mol. The SMILES string of the molecule is CCCn1ccnc1CC(NN)c1ccncc1. The smallest absolute Gasteiger partial charge is 0.110 e. The van der Waals surface area contributed by atoms with Crippen molar-refractivity contribution >= 4 is 0 Å². The highest BCUT2D eigenvalue weighted by Crippen LogP contribution is 2.16. The third-order valence-corrected chi connectivity index (χ3v) is 2.96. The van der Waals surface area contributed by atoms with Gasteiger partial charge in [-0.2, -0.15) is 0 Å². The quantitative estimate of drug-likeness (QED) is 0.597. The van der Waals surface area contributed by atoms with Gasteiger partial charge in [0.1, 0.15) is 5.82 Å². The molecule has 2 aromatic rings. The van der Waals surface area contributed by atoms with Crippen LogP contribution in [-0.2, 0) is 13.0 Å². The summed E-state index contributed by atoms with van der Waals surface area (Å²) in [5.41, 5.74) is 3.97. The Labute approximate surface area is 107 Å². The van der Waals surface area contributed by atoms with Gasteiger partial charge in [-0.1, -0.05) is 6.92 Å². The van der Waals surface area contributed by atoms with E-state index in [0.717, 1.165) is 30.8 Å². The summed E-state index contributed by atoms with van der Waals surface area (Å²) in [7, 11) is 0. The Balaban J connectivity index is 2.13. The third-order valence-electron chi connectivity index (χ3n) is 2.96. The van der Waals surface area contributed by atoms with E-state index in [1.54, 1.807) is 12.4 Å². The summed E-state index contributed by atoms with van der Waals surface area (Å²) >= 11 is 0. The molecular weight excluding hydrogens is 226 g/mol. The summed E-state index contributed by atoms with van der Waals surface area (Å²) < 4.78 is 2.17. The van der Waals surface area contributed by atoms with Crippen LogP contribution in [-0.4, -0.2) is 14.5 Å². The van der Waals surface area contributed by atoms with Crippen LogP contribution in [0, 0.1) is 0 Å². The Hall–Kier alpha value is -1.72. The van der Waals surface area contributed by atoms with Gasteiger partial charge in [0.05, 0.1) is 6.04 Å². The number of hydrogen-bond donors (Lipinski definition) is 2. The minimum absolute atomic E-state index is 0.0611. The van der Waals surface area contributed by atoms with Crippen molar-refractivity contribution in [1.82, 2.24) is 20.0 Å². The molecule has 0 spiro atoms. The molecule has 0 aliphatic carbocycles. The molecule has 2 aromatic heterocycles. The number of aryl methyl sites for hydroxylation is 1. The van der Waals surface area contributed by atoms with Crippen LogP contribution in [0.3, 0.4) is 0 Å². The van der Waals surface area contributed by atoms with Gasteiger partial charge in [-0.05, 0) is 24.1 Å². The normalized spacial score (nSPS) is 12.6. The van der Waals surface area contributed by atoms with E-state index in [4.69, 9.17) is 5.84 Å². The van der Waals surface area contributed by atoms with Gasteiger partial charge in [0.15, 0.2) is 0 Å². The lowest BCUT2D eigenvalue weighted by atomic mass is 10.1. The van der Waals surface area contributed by atoms with Crippen LogP contribution in [0.2, 0.25) is 0 Å². The van der Waals surface area contributed by atoms with Gasteiger partial charge in [0.25, 0.3) is 0 Å². The molecule has 1 atom stereocenters. The minimum Gasteiger partial charge on any atom is -0.335 e. The fourth-order valence-electron chi connectivity index (χ4n) is 2.03. The molecule has 2 rings (SSSR count). The van der Waals surface area contributed by atoms with Crippen LogP contribution >= 0.6 is 0 Å². The second-order valence-electron chi connectivity index (χ2n) is 4.24. The van der Waals surface area contributed by atoms with Crippen molar-refractivity contribution in [2.75, 3.05) is 0 Å². The summed E-state index contributed by atoms with van der Waals surface area (Å²) in [5, 5.41) is 0. The molecule has 18 heavy (non-hydrogen) atoms. The monoisotopic (exact) mass is 245 g/mol. The van der Waals surface area contributed by atoms with Crippen LogP contribution in [0.5, 0.6) is 0 Å². The van der Waals surface area contributed by atoms with E-state index in [0.29, 0.717) is 0 Å². The Morgan fingerprint density at radius 3 is 2.78 bits per heavy atom. The van der Waals surface area contributed by atoms with Crippen molar-refractivity contribution in [2.45, 2.75) is 32.4 Å². The molecule has 0 bridgehead atoms. The summed E-state index contributed by atoms with van der Waals surface area (Å²) in [6.07, 6.45) is 9.27. The highest BCUT2D eigenvalue weighted by atomic mass is 15.2. The molecule has 0 amide bonds. The Morgan fingerprint density at radius 2 is 2.11 bits per heavy atom. The van der Waals surface area contributed by atoms with E-state index in [1.165, 1.54) is 0 Å². The van der Waals surface area contributed by atoms with Crippen LogP contribution in [0.25, 0.3) is 0 Å². The minimum atomic E-state index is 0.0611. The zero-order valence-electron chi connectivity index (χ0n) is 10.6. The van der Waals surface area contributed by atoms with Crippen molar-refractivity contribution in [3.8, 4) is 0 Å². The van der Waals surface area contributed by atoms with Gasteiger partial charge in [-0.25, -0.2) is 4.98 Å². The number of nitrogens with one attached hydrogen (secondary N) is 1. The molecular formula is C13H19N5. The molecule has 1 unspecified atom stereocenters. The first-order chi connectivity index (χ1) is 8.85. The topological polar surface area (TPSA) is 68.8 Å². The Kier molecular flexibility index (Phi) is 4.44. The van der Waals surface area contributed by atoms with E-state index >= 15 is 0 Å². The van der Waals surface area contributed by atoms with Crippen molar-refractivity contribution in [3.63, 3.8) is 0 Å². The standard InChI is InChI=1S/C13H19N5/c1-2-8-18-9-7-16-13(18)10-12(17-14)11-3-5-15-6-4-11/h3-7,9,12,17H,2,8,10,14H2,1H3. The van der Waals surface area contributed by atoms with Crippen molar-refractivity contribution < 1.29 is 0 Å². The predicted octanol–water partition coefficient (Wildman–Crippen LogP) is 1.44. The fraction of sp³-hybridized carbons (Fsp3) is 0.385. The van der Waals surface area contributed by atoms with Gasteiger partial charge in [0.2, 0.25) is 0 Å². The molecule has 0 fully saturated rings. The number of hydrogen-bond acceptors (Lipinski definition) is 4. The molecule has 0 aliphatic heterocycles. The number of aromatic nitrogens is 3. The zero-order valence-corrected chi connectivity index (χ0v) is 10.6. The number of rotatable bonds is 6. The first kappa shape index (κ1) is 12.7.